The highest BCUT2D eigenvalue weighted by atomic mass is 32.3. The van der Waals surface area contributed by atoms with Crippen LogP contribution < -0.4 is 0 Å². The van der Waals surface area contributed by atoms with Crippen LogP contribution in [0, 0.1) is 0 Å². The lowest BCUT2D eigenvalue weighted by Crippen LogP contribution is -2.69. The number of amides is 2. The molecule has 7 heterocycles. The zero-order valence-corrected chi connectivity index (χ0v) is 68.8. The molecule has 0 saturated carbocycles. The van der Waals surface area contributed by atoms with Crippen LogP contribution in [0.15, 0.2) is 24.3 Å². The lowest BCUT2D eigenvalue weighted by atomic mass is 9.94. The maximum absolute atomic E-state index is 14.5. The number of hydrogen-bond acceptors (Lipinski definition) is 54. The number of hydrogen-bond donors (Lipinski definition) is 7. The van der Waals surface area contributed by atoms with Crippen molar-refractivity contribution in [3.8, 4) is 0 Å². The van der Waals surface area contributed by atoms with E-state index >= 15 is 0 Å². The third-order valence-electron chi connectivity index (χ3n) is 18.5. The van der Waals surface area contributed by atoms with E-state index in [0.29, 0.717) is 4.90 Å². The smallest absolute Gasteiger partial charge is 0.382 e. The molecule has 14 unspecified atom stereocenters. The number of rotatable bonds is 51. The molecule has 0 aromatic heterocycles. The Hall–Kier alpha value is -2.19. The predicted octanol–water partition coefficient (Wildman–Crippen LogP) is -1.43. The molecule has 2 amide bonds. The standard InChI is InChI=1S/C56H89NO53S7/c1-73-18-26-32(38(77-5)43(80-8)51(84-12)88-26)95-53-46(83-11)40(79-7)34(28(90-53)20-75-3)96-54-45(82-10)39(78-6)33(27(89-54)19-74-2)94-52-44(81-9)37(76-4)31(25(87-52)17-57-49(58)23-15-13-14-16-24(23)50(57)59)93-56-48(102-117(70,71)72)41(99-112-108-104-61)35(29(91-56)21-85-115(64,65)66)97-55-47(101-114-110-106-63)42(100-113-109-105-62)36(98-111-107-103-60)30(92-55)22-86-116(67,68)69/h13-16,25-48,51-56,60-63H,17-22H2,1-12H3,(H,64,65,66)(H,67,68,69)(H,70,71,72)/t25?,26-,27?,28-,29?,30?,31+,32+,33+,34+,35+,36+,37+,38?,39-,40?,41?,42?,43?,44?,45?,46?,47?,48?,51+,52-,53+,54-,55+,56-/m0/s1. The van der Waals surface area contributed by atoms with Crippen molar-refractivity contribution in [2.24, 2.45) is 0 Å². The molecule has 8 rings (SSSR count). The molecule has 6 saturated heterocycles. The highest BCUT2D eigenvalue weighted by Crippen LogP contribution is 2.44. The quantitative estimate of drug-likeness (QED) is 0.00982. The molecule has 1 aromatic carbocycles. The van der Waals surface area contributed by atoms with E-state index in [1.165, 1.54) is 95.4 Å². The van der Waals surface area contributed by atoms with Crippen molar-refractivity contribution in [2.75, 3.05) is 125 Å². The molecule has 678 valence electrons. The second-order valence-corrected chi connectivity index (χ2v) is 29.8. The van der Waals surface area contributed by atoms with Gasteiger partial charge >= 0.3 is 31.2 Å². The highest BCUT2D eigenvalue weighted by molar-refractivity contribution is 7.90. The van der Waals surface area contributed by atoms with E-state index < -0.39 is 259 Å². The van der Waals surface area contributed by atoms with Gasteiger partial charge in [-0.2, -0.15) is 25.3 Å². The van der Waals surface area contributed by atoms with Gasteiger partial charge in [0, 0.05) is 85.3 Å². The van der Waals surface area contributed by atoms with Gasteiger partial charge < -0.3 is 109 Å². The summed E-state index contributed by atoms with van der Waals surface area (Å²) in [5.74, 6) is -1.85. The lowest BCUT2D eigenvalue weighted by Gasteiger charge is -2.52. The van der Waals surface area contributed by atoms with Crippen molar-refractivity contribution < 1.29 is 245 Å². The van der Waals surface area contributed by atoms with Gasteiger partial charge in [-0.1, -0.05) is 32.3 Å². The highest BCUT2D eigenvalue weighted by Gasteiger charge is 2.62. The van der Waals surface area contributed by atoms with Crippen LogP contribution in [0.25, 0.3) is 0 Å². The second kappa shape index (κ2) is 48.5. The van der Waals surface area contributed by atoms with Crippen LogP contribution in [0.2, 0.25) is 0 Å². The average Bonchev–Trinajstić information content (AvgIpc) is 1.72. The largest absolute Gasteiger partial charge is 0.397 e. The van der Waals surface area contributed by atoms with E-state index in [9.17, 15) is 53.8 Å². The van der Waals surface area contributed by atoms with Crippen molar-refractivity contribution in [3.05, 3.63) is 35.4 Å². The Kier molecular flexibility index (Phi) is 41.5. The van der Waals surface area contributed by atoms with Gasteiger partial charge in [-0.15, -0.1) is 17.3 Å². The fraction of sp³-hybridized carbons (Fsp3) is 0.857. The van der Waals surface area contributed by atoms with E-state index in [2.05, 4.69) is 41.7 Å². The predicted molar refractivity (Wildman–Crippen MR) is 368 cm³/mol. The number of nitrogens with zero attached hydrogens (tertiary/aromatic N) is 1. The van der Waals surface area contributed by atoms with Crippen molar-refractivity contribution in [3.63, 3.8) is 0 Å². The van der Waals surface area contributed by atoms with Gasteiger partial charge in [0.15, 0.2) is 99.2 Å². The van der Waals surface area contributed by atoms with Crippen LogP contribution in [-0.2, 0) is 207 Å². The molecular formula is C56H89NO53S7. The van der Waals surface area contributed by atoms with Gasteiger partial charge in [-0.05, 0) is 12.1 Å². The molecule has 0 spiro atoms. The number of carbonyl (C=O) groups is 2. The van der Waals surface area contributed by atoms with Crippen LogP contribution >= 0.6 is 49.3 Å². The summed E-state index contributed by atoms with van der Waals surface area (Å²) in [5.41, 5.74) is -0.213. The van der Waals surface area contributed by atoms with Gasteiger partial charge in [0.2, 0.25) is 0 Å². The zero-order valence-electron chi connectivity index (χ0n) is 63.1. The van der Waals surface area contributed by atoms with Crippen LogP contribution in [0.4, 0.5) is 0 Å². The molecular weight excluding hydrogens is 1760 g/mol. The number of carbonyl (C=O) groups excluding carboxylic acids is 2. The second-order valence-electron chi connectivity index (χ2n) is 24.7. The first-order valence-electron chi connectivity index (χ1n) is 33.6. The van der Waals surface area contributed by atoms with Gasteiger partial charge in [0.25, 0.3) is 11.8 Å². The van der Waals surface area contributed by atoms with Crippen LogP contribution in [0.3, 0.4) is 0 Å². The van der Waals surface area contributed by atoms with Gasteiger partial charge in [0.1, 0.15) is 134 Å². The summed E-state index contributed by atoms with van der Waals surface area (Å²) in [5, 5.41) is 50.8. The SMILES string of the molecule is COCC1O[C@@H](O[C@H]2C(OC)C(OC)[C@@H](O[C@H]3C(OC)C(OC)[C@H](OC)O[C@H]3COC)O[C@H]2COC)C(OC)[C@@H](OC)[C@@H]1O[C@@H]1OC(CN2C(=O)c3ccccc3C2=O)[C@@H](O[C@@H]2OC(COS(=O)(=O)O)[C@@H](O[C@H]3OC(COS(=O)(=O)O)[C@@H](OSOOO)C(OSOOO)C3OSOOO)C(OSOOO)C2OS(=O)(=O)O)[C@@H](OC)C1OC. The maximum atomic E-state index is 14.5. The first-order valence-corrected chi connectivity index (χ1v) is 40.3. The topological polar surface area (TPSA) is 632 Å². The number of imide groups is 1. The van der Waals surface area contributed by atoms with E-state index in [1.807, 2.05) is 0 Å². The van der Waals surface area contributed by atoms with E-state index in [0.717, 1.165) is 14.2 Å². The molecule has 7 aliphatic rings. The first-order chi connectivity index (χ1) is 56.1. The number of ether oxygens (including phenoxy) is 23. The van der Waals surface area contributed by atoms with E-state index in [4.69, 9.17) is 150 Å². The molecule has 0 aliphatic carbocycles. The van der Waals surface area contributed by atoms with Crippen molar-refractivity contribution in [2.45, 2.75) is 184 Å². The molecule has 54 nitrogen and oxygen atoms in total. The molecule has 7 aliphatic heterocycles. The average molecular weight is 1850 g/mol. The Bertz CT molecular complexity index is 3440. The fourth-order valence-corrected chi connectivity index (χ4v) is 16.4. The minimum Gasteiger partial charge on any atom is -0.382 e. The summed E-state index contributed by atoms with van der Waals surface area (Å²) >= 11 is -1.31. The monoisotopic (exact) mass is 1850 g/mol. The zero-order chi connectivity index (χ0) is 85.5. The molecule has 6 fully saturated rings. The number of methoxy groups -OCH3 is 12. The maximum Gasteiger partial charge on any atom is 0.397 e. The third-order valence-corrected chi connectivity index (χ3v) is 21.5. The summed E-state index contributed by atoms with van der Waals surface area (Å²) in [7, 11) is -1.12. The van der Waals surface area contributed by atoms with Gasteiger partial charge in [0.05, 0.1) is 50.7 Å². The molecule has 0 radical (unpaired) electrons. The Labute approximate surface area is 683 Å². The normalized spacial score (nSPS) is 36.6. The molecule has 117 heavy (non-hydrogen) atoms. The lowest BCUT2D eigenvalue weighted by molar-refractivity contribution is -0.437. The Morgan fingerprint density at radius 1 is 0.325 bits per heavy atom. The van der Waals surface area contributed by atoms with Crippen LogP contribution in [0.1, 0.15) is 20.7 Å². The molecule has 61 heteroatoms. The minimum absolute atomic E-state index is 0.000894. The fourth-order valence-electron chi connectivity index (χ4n) is 13.8. The molecule has 0 bridgehead atoms. The number of benzene rings is 1. The Morgan fingerprint density at radius 3 is 0.923 bits per heavy atom. The van der Waals surface area contributed by atoms with E-state index in [1.54, 1.807) is 0 Å². The van der Waals surface area contributed by atoms with Crippen LogP contribution in [-0.4, -0.2) is 386 Å². The van der Waals surface area contributed by atoms with Crippen molar-refractivity contribution in [1.29, 1.82) is 0 Å². The van der Waals surface area contributed by atoms with E-state index in [-0.39, 0.29) is 67.9 Å². The van der Waals surface area contributed by atoms with Crippen molar-refractivity contribution >= 4 is 92.3 Å². The van der Waals surface area contributed by atoms with Crippen LogP contribution in [0.5, 0.6) is 0 Å². The van der Waals surface area contributed by atoms with Gasteiger partial charge in [-0.3, -0.25) is 44.9 Å². The first kappa shape index (κ1) is 100. The summed E-state index contributed by atoms with van der Waals surface area (Å²) in [6.45, 7) is -4.39. The molecule has 1 aromatic rings. The summed E-state index contributed by atoms with van der Waals surface area (Å²) < 4.78 is 304. The third kappa shape index (κ3) is 26.3. The molecule has 7 N–H and O–H groups in total. The van der Waals surface area contributed by atoms with Gasteiger partial charge in [-0.25, -0.2) is 33.6 Å². The van der Waals surface area contributed by atoms with Crippen molar-refractivity contribution in [1.82, 2.24) is 4.90 Å². The molecule has 30 atom stereocenters. The summed E-state index contributed by atoms with van der Waals surface area (Å²) in [4.78, 5) is 29.7. The number of fused-ring (bicyclic) bond motifs is 1. The Morgan fingerprint density at radius 2 is 0.598 bits per heavy atom. The Balaban J connectivity index is 1.18. The summed E-state index contributed by atoms with van der Waals surface area (Å²) in [6.07, 6.45) is -50.3. The minimum atomic E-state index is -6.01. The summed E-state index contributed by atoms with van der Waals surface area (Å²) in [6, 6.07) is 5.58.